The lowest BCUT2D eigenvalue weighted by Crippen LogP contribution is -2.53. The van der Waals surface area contributed by atoms with Gasteiger partial charge < -0.3 is 14.6 Å². The van der Waals surface area contributed by atoms with Crippen molar-refractivity contribution in [1.29, 1.82) is 0 Å². The monoisotopic (exact) mass is 406 g/mol. The lowest BCUT2D eigenvalue weighted by molar-refractivity contribution is -0.152. The predicted molar refractivity (Wildman–Crippen MR) is 109 cm³/mol. The number of rotatable bonds is 6. The van der Waals surface area contributed by atoms with Crippen molar-refractivity contribution in [2.75, 3.05) is 7.11 Å². The van der Waals surface area contributed by atoms with Gasteiger partial charge in [-0.05, 0) is 62.4 Å². The molecule has 0 saturated heterocycles. The smallest absolute Gasteiger partial charge is 0.334 e. The van der Waals surface area contributed by atoms with Gasteiger partial charge in [-0.25, -0.2) is 9.59 Å². The highest BCUT2D eigenvalue weighted by atomic mass is 16.5. The number of carboxylic acids is 1. The third-order valence-electron chi connectivity index (χ3n) is 7.37. The predicted octanol–water partition coefficient (Wildman–Crippen LogP) is 4.29. The summed E-state index contributed by atoms with van der Waals surface area (Å²) in [6, 6.07) is 0. The maximum atomic E-state index is 12.6. The summed E-state index contributed by atoms with van der Waals surface area (Å²) < 4.78 is 10.6. The summed E-state index contributed by atoms with van der Waals surface area (Å²) in [5.41, 5.74) is 0.926. The number of aliphatic carboxylic acids is 1. The molecule has 2 rings (SSSR count). The first kappa shape index (κ1) is 23.2. The van der Waals surface area contributed by atoms with Gasteiger partial charge in [0.15, 0.2) is 0 Å². The van der Waals surface area contributed by atoms with Crippen molar-refractivity contribution in [3.05, 3.63) is 23.3 Å². The number of methoxy groups -OCH3 is 1. The topological polar surface area (TPSA) is 89.9 Å². The molecule has 162 valence electrons. The van der Waals surface area contributed by atoms with Crippen molar-refractivity contribution in [3.63, 3.8) is 0 Å². The Hall–Kier alpha value is -2.11. The summed E-state index contributed by atoms with van der Waals surface area (Å²) in [5.74, 6) is -1.16. The first-order valence-corrected chi connectivity index (χ1v) is 10.3. The van der Waals surface area contributed by atoms with E-state index < -0.39 is 12.1 Å². The van der Waals surface area contributed by atoms with E-state index in [9.17, 15) is 14.4 Å². The van der Waals surface area contributed by atoms with Gasteiger partial charge >= 0.3 is 17.9 Å². The minimum atomic E-state index is -0.933. The molecular formula is C23H34O6. The van der Waals surface area contributed by atoms with Crippen molar-refractivity contribution in [3.8, 4) is 0 Å². The zero-order valence-electron chi connectivity index (χ0n) is 18.4. The first-order chi connectivity index (χ1) is 13.4. The van der Waals surface area contributed by atoms with Crippen molar-refractivity contribution in [2.45, 2.75) is 72.8 Å². The second-order valence-corrected chi connectivity index (χ2v) is 9.20. The molecule has 2 aliphatic carbocycles. The van der Waals surface area contributed by atoms with E-state index in [-0.39, 0.29) is 28.7 Å². The van der Waals surface area contributed by atoms with E-state index in [4.69, 9.17) is 14.6 Å². The fraction of sp³-hybridized carbons (Fsp3) is 0.696. The molecule has 1 N–H and O–H groups in total. The van der Waals surface area contributed by atoms with Gasteiger partial charge in [-0.2, -0.15) is 0 Å². The summed E-state index contributed by atoms with van der Waals surface area (Å²) in [5, 5.41) is 9.02. The highest BCUT2D eigenvalue weighted by Crippen LogP contribution is 2.62. The molecule has 0 aliphatic heterocycles. The van der Waals surface area contributed by atoms with Crippen molar-refractivity contribution >= 4 is 17.9 Å². The molecule has 0 amide bonds. The van der Waals surface area contributed by atoms with Gasteiger partial charge in [0.25, 0.3) is 0 Å². The van der Waals surface area contributed by atoms with Gasteiger partial charge in [0.1, 0.15) is 6.10 Å². The molecule has 0 radical (unpaired) electrons. The summed E-state index contributed by atoms with van der Waals surface area (Å²) in [7, 11) is 1.38. The summed E-state index contributed by atoms with van der Waals surface area (Å²) in [6.07, 6.45) is 6.55. The van der Waals surface area contributed by atoms with Crippen LogP contribution in [0, 0.1) is 22.7 Å². The van der Waals surface area contributed by atoms with Crippen LogP contribution in [0.2, 0.25) is 0 Å². The molecule has 29 heavy (non-hydrogen) atoms. The zero-order valence-corrected chi connectivity index (χ0v) is 18.4. The average Bonchev–Trinajstić information content (AvgIpc) is 2.63. The Labute approximate surface area is 173 Å². The number of hydrogen-bond acceptors (Lipinski definition) is 5. The van der Waals surface area contributed by atoms with Crippen LogP contribution in [0.5, 0.6) is 0 Å². The number of ether oxygens (including phenoxy) is 2. The minimum absolute atomic E-state index is 0.111. The Morgan fingerprint density at radius 1 is 1.28 bits per heavy atom. The number of carbonyl (C=O) groups excluding carboxylic acids is 2. The fourth-order valence-electron chi connectivity index (χ4n) is 5.50. The molecule has 0 aromatic carbocycles. The molecule has 0 bridgehead atoms. The Morgan fingerprint density at radius 3 is 2.48 bits per heavy atom. The minimum Gasteiger partial charge on any atom is -0.478 e. The number of fused-ring (bicyclic) bond motifs is 1. The van der Waals surface area contributed by atoms with E-state index >= 15 is 0 Å². The van der Waals surface area contributed by atoms with E-state index in [2.05, 4.69) is 20.8 Å². The molecule has 6 nitrogen and oxygen atoms in total. The maximum absolute atomic E-state index is 12.6. The van der Waals surface area contributed by atoms with Gasteiger partial charge in [-0.1, -0.05) is 26.3 Å². The summed E-state index contributed by atoms with van der Waals surface area (Å²) in [6.45, 7) is 9.80. The quantitative estimate of drug-likeness (QED) is 0.523. The summed E-state index contributed by atoms with van der Waals surface area (Å²) >= 11 is 0. The SMILES string of the molecule is COC(=O)C1=C[C@@H](OC(C)=O)C[C@@H]2[C@@](C)(CC/C(C)=C/C(=O)O)[C@H](C)CC[C@@]12C. The number of carboxylic acid groups (broad SMARTS) is 1. The third kappa shape index (κ3) is 4.73. The van der Waals surface area contributed by atoms with Gasteiger partial charge in [0.05, 0.1) is 7.11 Å². The van der Waals surface area contributed by atoms with Gasteiger partial charge in [0, 0.05) is 24.0 Å². The molecule has 1 saturated carbocycles. The van der Waals surface area contributed by atoms with Crippen LogP contribution in [0.25, 0.3) is 0 Å². The highest BCUT2D eigenvalue weighted by molar-refractivity contribution is 5.90. The van der Waals surface area contributed by atoms with Crippen LogP contribution in [-0.2, 0) is 23.9 Å². The van der Waals surface area contributed by atoms with E-state index in [1.165, 1.54) is 20.1 Å². The zero-order chi connectivity index (χ0) is 22.0. The number of carbonyl (C=O) groups is 3. The second-order valence-electron chi connectivity index (χ2n) is 9.20. The van der Waals surface area contributed by atoms with Crippen LogP contribution < -0.4 is 0 Å². The molecule has 1 fully saturated rings. The molecule has 2 aliphatic rings. The van der Waals surface area contributed by atoms with E-state index in [0.29, 0.717) is 24.3 Å². The van der Waals surface area contributed by atoms with Crippen LogP contribution in [0.1, 0.15) is 66.7 Å². The van der Waals surface area contributed by atoms with E-state index in [0.717, 1.165) is 24.8 Å². The standard InChI is InChI=1S/C23H34O6/c1-14(11-20(25)26)7-9-22(4)15(2)8-10-23(5)18(21(27)28-6)12-17(13-19(22)23)29-16(3)24/h11-12,15,17,19H,7-10,13H2,1-6H3,(H,25,26)/b14-11+/t15-,17-,19-,22+,23+/m1/s1. The Kier molecular flexibility index (Phi) is 6.97. The molecular weight excluding hydrogens is 372 g/mol. The normalized spacial score (nSPS) is 34.6. The molecule has 5 atom stereocenters. The van der Waals surface area contributed by atoms with Crippen molar-refractivity contribution in [2.24, 2.45) is 22.7 Å². The Morgan fingerprint density at radius 2 is 1.93 bits per heavy atom. The highest BCUT2D eigenvalue weighted by Gasteiger charge is 2.57. The molecule has 0 aromatic heterocycles. The largest absolute Gasteiger partial charge is 0.478 e. The number of hydrogen-bond donors (Lipinski definition) is 1. The molecule has 0 aromatic rings. The van der Waals surface area contributed by atoms with Crippen LogP contribution in [0.4, 0.5) is 0 Å². The van der Waals surface area contributed by atoms with Gasteiger partial charge in [-0.3, -0.25) is 4.79 Å². The lowest BCUT2D eigenvalue weighted by Gasteiger charge is -2.58. The maximum Gasteiger partial charge on any atom is 0.334 e. The molecule has 0 spiro atoms. The molecule has 0 heterocycles. The molecule has 0 unspecified atom stereocenters. The van der Waals surface area contributed by atoms with Crippen LogP contribution in [0.3, 0.4) is 0 Å². The van der Waals surface area contributed by atoms with E-state index in [1.807, 2.05) is 6.92 Å². The van der Waals surface area contributed by atoms with Crippen molar-refractivity contribution in [1.82, 2.24) is 0 Å². The molecule has 6 heteroatoms. The Balaban J connectivity index is 2.44. The summed E-state index contributed by atoms with van der Waals surface area (Å²) in [4.78, 5) is 35.2. The first-order valence-electron chi connectivity index (χ1n) is 10.3. The van der Waals surface area contributed by atoms with Gasteiger partial charge in [-0.15, -0.1) is 0 Å². The number of esters is 2. The van der Waals surface area contributed by atoms with Crippen molar-refractivity contribution < 1.29 is 29.0 Å². The van der Waals surface area contributed by atoms with Crippen LogP contribution >= 0.6 is 0 Å². The van der Waals surface area contributed by atoms with Crippen LogP contribution in [-0.4, -0.2) is 36.2 Å². The third-order valence-corrected chi connectivity index (χ3v) is 7.37. The average molecular weight is 407 g/mol. The van der Waals surface area contributed by atoms with Gasteiger partial charge in [0.2, 0.25) is 0 Å². The van der Waals surface area contributed by atoms with Crippen LogP contribution in [0.15, 0.2) is 23.3 Å². The lowest BCUT2D eigenvalue weighted by atomic mass is 9.46. The second kappa shape index (κ2) is 8.72. The number of allylic oxidation sites excluding steroid dienone is 1. The Bertz CT molecular complexity index is 736. The fourth-order valence-corrected chi connectivity index (χ4v) is 5.50. The van der Waals surface area contributed by atoms with E-state index in [1.54, 1.807) is 6.08 Å².